The minimum atomic E-state index is -4.50. The Morgan fingerprint density at radius 1 is 0.938 bits per heavy atom. The molecule has 0 aliphatic carbocycles. The molecule has 0 saturated carbocycles. The van der Waals surface area contributed by atoms with E-state index in [0.717, 1.165) is 12.1 Å². The molecule has 0 aromatic heterocycles. The minimum Gasteiger partial charge on any atom is -0.493 e. The number of hydrogen-bond donors (Lipinski definition) is 1. The molecule has 6 nitrogen and oxygen atoms in total. The number of ether oxygens (including phenoxy) is 3. The molecule has 0 amide bonds. The lowest BCUT2D eigenvalue weighted by molar-refractivity contribution is -0.137. The average Bonchev–Trinajstić information content (AvgIpc) is 2.79. The van der Waals surface area contributed by atoms with E-state index in [9.17, 15) is 22.8 Å². The first-order valence-corrected chi connectivity index (χ1v) is 9.23. The summed E-state index contributed by atoms with van der Waals surface area (Å²) in [6.45, 7) is 0. The monoisotopic (exact) mass is 445 g/mol. The van der Waals surface area contributed by atoms with Gasteiger partial charge >= 0.3 is 12.1 Å². The molecule has 0 heterocycles. The zero-order valence-electron chi connectivity index (χ0n) is 17.0. The lowest BCUT2D eigenvalue weighted by Gasteiger charge is -2.16. The highest BCUT2D eigenvalue weighted by atomic mass is 19.4. The molecule has 0 radical (unpaired) electrons. The Labute approximate surface area is 181 Å². The Bertz CT molecular complexity index is 1120. The van der Waals surface area contributed by atoms with E-state index in [-0.39, 0.29) is 39.8 Å². The largest absolute Gasteiger partial charge is 0.493 e. The molecule has 0 aliphatic heterocycles. The number of halogens is 3. The van der Waals surface area contributed by atoms with Crippen molar-refractivity contribution in [3.8, 4) is 17.2 Å². The van der Waals surface area contributed by atoms with Crippen LogP contribution in [-0.2, 0) is 6.18 Å². The Morgan fingerprint density at radius 3 is 2.19 bits per heavy atom. The number of alkyl halides is 3. The van der Waals surface area contributed by atoms with Crippen molar-refractivity contribution in [2.24, 2.45) is 0 Å². The van der Waals surface area contributed by atoms with Crippen molar-refractivity contribution in [2.75, 3.05) is 19.5 Å². The van der Waals surface area contributed by atoms with Crippen molar-refractivity contribution in [3.63, 3.8) is 0 Å². The Morgan fingerprint density at radius 2 is 1.59 bits per heavy atom. The molecule has 1 N–H and O–H groups in total. The van der Waals surface area contributed by atoms with Crippen LogP contribution in [0.25, 0.3) is 0 Å². The first-order chi connectivity index (χ1) is 15.3. The molecule has 0 unspecified atom stereocenters. The van der Waals surface area contributed by atoms with Gasteiger partial charge in [0.15, 0.2) is 11.5 Å². The van der Waals surface area contributed by atoms with Gasteiger partial charge in [-0.3, -0.25) is 4.79 Å². The number of aldehydes is 1. The van der Waals surface area contributed by atoms with Gasteiger partial charge in [-0.2, -0.15) is 13.2 Å². The number of nitrogens with one attached hydrogen (secondary N) is 1. The second kappa shape index (κ2) is 9.42. The second-order valence-electron chi connectivity index (χ2n) is 6.51. The third-order valence-electron chi connectivity index (χ3n) is 4.43. The molecule has 0 fully saturated rings. The smallest absolute Gasteiger partial charge is 0.416 e. The van der Waals surface area contributed by atoms with Gasteiger partial charge in [0, 0.05) is 11.3 Å². The molecule has 3 aromatic carbocycles. The Kier molecular flexibility index (Phi) is 6.67. The SMILES string of the molecule is COc1cc(C=O)cc(OC)c1OC(=O)c1ccccc1Nc1cccc(C(F)(F)F)c1. The molecular weight excluding hydrogens is 427 g/mol. The molecule has 0 saturated heterocycles. The quantitative estimate of drug-likeness (QED) is 0.294. The van der Waals surface area contributed by atoms with Crippen LogP contribution in [0.4, 0.5) is 24.5 Å². The van der Waals surface area contributed by atoms with Gasteiger partial charge < -0.3 is 19.5 Å². The van der Waals surface area contributed by atoms with Crippen molar-refractivity contribution in [1.82, 2.24) is 0 Å². The van der Waals surface area contributed by atoms with E-state index in [1.807, 2.05) is 0 Å². The molecular formula is C23H18F3NO5. The highest BCUT2D eigenvalue weighted by molar-refractivity contribution is 5.98. The van der Waals surface area contributed by atoms with E-state index in [1.165, 1.54) is 50.6 Å². The van der Waals surface area contributed by atoms with E-state index >= 15 is 0 Å². The van der Waals surface area contributed by atoms with Crippen molar-refractivity contribution < 1.29 is 37.0 Å². The van der Waals surface area contributed by atoms with Crippen LogP contribution in [0.15, 0.2) is 60.7 Å². The van der Waals surface area contributed by atoms with Crippen LogP contribution in [0.5, 0.6) is 17.2 Å². The van der Waals surface area contributed by atoms with E-state index < -0.39 is 17.7 Å². The fourth-order valence-corrected chi connectivity index (χ4v) is 2.92. The zero-order chi connectivity index (χ0) is 23.3. The van der Waals surface area contributed by atoms with Crippen LogP contribution in [0.3, 0.4) is 0 Å². The molecule has 9 heteroatoms. The average molecular weight is 445 g/mol. The number of hydrogen-bond acceptors (Lipinski definition) is 6. The maximum absolute atomic E-state index is 13.0. The number of methoxy groups -OCH3 is 2. The number of carbonyl (C=O) groups is 2. The van der Waals surface area contributed by atoms with Crippen molar-refractivity contribution >= 4 is 23.6 Å². The first kappa shape index (κ1) is 22.7. The summed E-state index contributed by atoms with van der Waals surface area (Å²) in [5, 5.41) is 2.82. The highest BCUT2D eigenvalue weighted by Crippen LogP contribution is 2.39. The van der Waals surface area contributed by atoms with Gasteiger partial charge in [-0.05, 0) is 42.5 Å². The number of rotatable bonds is 7. The fraction of sp³-hybridized carbons (Fsp3) is 0.130. The lowest BCUT2D eigenvalue weighted by Crippen LogP contribution is -2.13. The van der Waals surface area contributed by atoms with Crippen LogP contribution in [0, 0.1) is 0 Å². The topological polar surface area (TPSA) is 73.9 Å². The van der Waals surface area contributed by atoms with Crippen molar-refractivity contribution in [2.45, 2.75) is 6.18 Å². The summed E-state index contributed by atoms with van der Waals surface area (Å²) < 4.78 is 54.9. The second-order valence-corrected chi connectivity index (χ2v) is 6.51. The standard InChI is InChI=1S/C23H18F3NO5/c1-30-19-10-14(13-28)11-20(31-2)21(19)32-22(29)17-8-3-4-9-18(17)27-16-7-5-6-15(12-16)23(24,25)26/h3-13,27H,1-2H3. The van der Waals surface area contributed by atoms with Gasteiger partial charge in [0.1, 0.15) is 6.29 Å². The number of benzene rings is 3. The van der Waals surface area contributed by atoms with Crippen LogP contribution in [0.2, 0.25) is 0 Å². The van der Waals surface area contributed by atoms with Crippen LogP contribution in [0.1, 0.15) is 26.3 Å². The first-order valence-electron chi connectivity index (χ1n) is 9.23. The van der Waals surface area contributed by atoms with Crippen LogP contribution < -0.4 is 19.5 Å². The van der Waals surface area contributed by atoms with E-state index in [0.29, 0.717) is 6.29 Å². The summed E-state index contributed by atoms with van der Waals surface area (Å²) in [5.41, 5.74) is -0.129. The number of carbonyl (C=O) groups excluding carboxylic acids is 2. The fourth-order valence-electron chi connectivity index (χ4n) is 2.92. The van der Waals surface area contributed by atoms with Gasteiger partial charge in [-0.1, -0.05) is 18.2 Å². The third kappa shape index (κ3) is 5.00. The molecule has 3 rings (SSSR count). The maximum Gasteiger partial charge on any atom is 0.416 e. The summed E-state index contributed by atoms with van der Waals surface area (Å²) in [7, 11) is 2.67. The van der Waals surface area contributed by atoms with Gasteiger partial charge in [0.25, 0.3) is 0 Å². The van der Waals surface area contributed by atoms with Gasteiger partial charge in [-0.25, -0.2) is 4.79 Å². The lowest BCUT2D eigenvalue weighted by atomic mass is 10.1. The zero-order valence-corrected chi connectivity index (χ0v) is 17.0. The van der Waals surface area contributed by atoms with E-state index in [1.54, 1.807) is 12.1 Å². The van der Waals surface area contributed by atoms with Gasteiger partial charge in [0.2, 0.25) is 5.75 Å². The number of para-hydroxylation sites is 1. The summed E-state index contributed by atoms with van der Waals surface area (Å²) in [6, 6.07) is 13.5. The van der Waals surface area contributed by atoms with Gasteiger partial charge in [-0.15, -0.1) is 0 Å². The van der Waals surface area contributed by atoms with Crippen molar-refractivity contribution in [3.05, 3.63) is 77.4 Å². The molecule has 3 aromatic rings. The Hall–Kier alpha value is -4.01. The van der Waals surface area contributed by atoms with Crippen LogP contribution in [-0.4, -0.2) is 26.5 Å². The molecule has 0 bridgehead atoms. The predicted molar refractivity (Wildman–Crippen MR) is 111 cm³/mol. The third-order valence-corrected chi connectivity index (χ3v) is 4.43. The molecule has 0 atom stereocenters. The minimum absolute atomic E-state index is 0.0422. The molecule has 32 heavy (non-hydrogen) atoms. The van der Waals surface area contributed by atoms with Gasteiger partial charge in [0.05, 0.1) is 31.0 Å². The summed E-state index contributed by atoms with van der Waals surface area (Å²) in [6.07, 6.45) is -3.91. The summed E-state index contributed by atoms with van der Waals surface area (Å²) in [4.78, 5) is 24.0. The maximum atomic E-state index is 13.0. The van der Waals surface area contributed by atoms with Crippen molar-refractivity contribution in [1.29, 1.82) is 0 Å². The van der Waals surface area contributed by atoms with E-state index in [4.69, 9.17) is 14.2 Å². The molecule has 166 valence electrons. The Balaban J connectivity index is 1.93. The van der Waals surface area contributed by atoms with Crippen LogP contribution >= 0.6 is 0 Å². The predicted octanol–water partition coefficient (Wildman–Crippen LogP) is 5.50. The normalized spacial score (nSPS) is 10.9. The highest BCUT2D eigenvalue weighted by Gasteiger charge is 2.30. The van der Waals surface area contributed by atoms with E-state index in [2.05, 4.69) is 5.32 Å². The summed E-state index contributed by atoms with van der Waals surface area (Å²) >= 11 is 0. The number of anilines is 2. The molecule has 0 spiro atoms. The number of esters is 1. The summed E-state index contributed by atoms with van der Waals surface area (Å²) in [5.74, 6) is -0.652. The molecule has 0 aliphatic rings.